The van der Waals surface area contributed by atoms with E-state index in [1.165, 1.54) is 43.4 Å². The molecule has 3 heteroatoms. The van der Waals surface area contributed by atoms with Crippen molar-refractivity contribution in [2.24, 2.45) is 11.7 Å². The van der Waals surface area contributed by atoms with E-state index in [-0.39, 0.29) is 5.82 Å². The van der Waals surface area contributed by atoms with Gasteiger partial charge in [-0.05, 0) is 68.8 Å². The van der Waals surface area contributed by atoms with Gasteiger partial charge >= 0.3 is 0 Å². The van der Waals surface area contributed by atoms with Gasteiger partial charge in [-0.2, -0.15) is 0 Å². The average Bonchev–Trinajstić information content (AvgIpc) is 2.39. The van der Waals surface area contributed by atoms with Crippen molar-refractivity contribution < 1.29 is 4.39 Å². The third kappa shape index (κ3) is 4.39. The summed E-state index contributed by atoms with van der Waals surface area (Å²) >= 11 is 0. The molecule has 1 aromatic carbocycles. The van der Waals surface area contributed by atoms with Crippen molar-refractivity contribution in [2.45, 2.75) is 38.1 Å². The molecule has 0 radical (unpaired) electrons. The van der Waals surface area contributed by atoms with Gasteiger partial charge in [0.2, 0.25) is 0 Å². The normalized spacial score (nSPS) is 24.1. The summed E-state index contributed by atoms with van der Waals surface area (Å²) in [5.41, 5.74) is 7.08. The first-order chi connectivity index (χ1) is 8.74. The smallest absolute Gasteiger partial charge is 0.123 e. The molecule has 0 atom stereocenters. The molecule has 0 saturated heterocycles. The lowest BCUT2D eigenvalue weighted by molar-refractivity contribution is 0.315. The van der Waals surface area contributed by atoms with Gasteiger partial charge in [-0.25, -0.2) is 4.39 Å². The monoisotopic (exact) mass is 250 g/mol. The van der Waals surface area contributed by atoms with E-state index in [0.717, 1.165) is 25.4 Å². The molecular weight excluding hydrogens is 227 g/mol. The summed E-state index contributed by atoms with van der Waals surface area (Å²) in [7, 11) is 0. The first kappa shape index (κ1) is 13.5. The van der Waals surface area contributed by atoms with E-state index >= 15 is 0 Å². The second-order valence-electron chi connectivity index (χ2n) is 5.36. The molecule has 0 heterocycles. The highest BCUT2D eigenvalue weighted by Crippen LogP contribution is 2.22. The van der Waals surface area contributed by atoms with Gasteiger partial charge in [-0.1, -0.05) is 12.1 Å². The molecule has 18 heavy (non-hydrogen) atoms. The van der Waals surface area contributed by atoms with Gasteiger partial charge in [-0.3, -0.25) is 0 Å². The maximum Gasteiger partial charge on any atom is 0.123 e. The van der Waals surface area contributed by atoms with Crippen molar-refractivity contribution in [2.75, 3.05) is 13.1 Å². The Morgan fingerprint density at radius 2 is 1.78 bits per heavy atom. The Morgan fingerprint density at radius 1 is 1.11 bits per heavy atom. The molecule has 2 nitrogen and oxygen atoms in total. The standard InChI is InChI=1S/C15H23FN2/c16-14-5-1-12(2-6-14)9-10-18-11-13-3-7-15(17)8-4-13/h1-2,5-6,13,15,18H,3-4,7-11,17H2. The minimum absolute atomic E-state index is 0.162. The Labute approximate surface area is 109 Å². The van der Waals surface area contributed by atoms with Crippen LogP contribution in [-0.2, 0) is 6.42 Å². The largest absolute Gasteiger partial charge is 0.328 e. The lowest BCUT2D eigenvalue weighted by Crippen LogP contribution is -2.32. The van der Waals surface area contributed by atoms with Gasteiger partial charge in [-0.15, -0.1) is 0 Å². The van der Waals surface area contributed by atoms with E-state index in [0.29, 0.717) is 6.04 Å². The van der Waals surface area contributed by atoms with E-state index in [1.54, 1.807) is 0 Å². The van der Waals surface area contributed by atoms with Crippen molar-refractivity contribution in [3.63, 3.8) is 0 Å². The van der Waals surface area contributed by atoms with Gasteiger partial charge in [0.15, 0.2) is 0 Å². The fourth-order valence-corrected chi connectivity index (χ4v) is 2.58. The minimum atomic E-state index is -0.162. The second-order valence-corrected chi connectivity index (χ2v) is 5.36. The number of benzene rings is 1. The third-order valence-electron chi connectivity index (χ3n) is 3.83. The van der Waals surface area contributed by atoms with Crippen molar-refractivity contribution in [3.8, 4) is 0 Å². The lowest BCUT2D eigenvalue weighted by atomic mass is 9.86. The van der Waals surface area contributed by atoms with Crippen LogP contribution in [0.5, 0.6) is 0 Å². The highest BCUT2D eigenvalue weighted by atomic mass is 19.1. The molecule has 1 aliphatic carbocycles. The maximum atomic E-state index is 12.7. The number of hydrogen-bond acceptors (Lipinski definition) is 2. The molecule has 1 aliphatic rings. The highest BCUT2D eigenvalue weighted by molar-refractivity contribution is 5.16. The molecule has 100 valence electrons. The fraction of sp³-hybridized carbons (Fsp3) is 0.600. The summed E-state index contributed by atoms with van der Waals surface area (Å²) in [6, 6.07) is 7.20. The molecule has 2 rings (SSSR count). The van der Waals surface area contributed by atoms with Crippen molar-refractivity contribution >= 4 is 0 Å². The first-order valence-corrected chi connectivity index (χ1v) is 6.95. The Balaban J connectivity index is 1.60. The van der Waals surface area contributed by atoms with Crippen LogP contribution in [0.25, 0.3) is 0 Å². The van der Waals surface area contributed by atoms with Gasteiger partial charge in [0.25, 0.3) is 0 Å². The Bertz CT molecular complexity index is 342. The molecular formula is C15H23FN2. The first-order valence-electron chi connectivity index (χ1n) is 6.95. The Morgan fingerprint density at radius 3 is 2.44 bits per heavy atom. The topological polar surface area (TPSA) is 38.0 Å². The van der Waals surface area contributed by atoms with Crippen LogP contribution < -0.4 is 11.1 Å². The van der Waals surface area contributed by atoms with E-state index in [2.05, 4.69) is 5.32 Å². The molecule has 0 bridgehead atoms. The zero-order valence-corrected chi connectivity index (χ0v) is 10.9. The average molecular weight is 250 g/mol. The summed E-state index contributed by atoms with van der Waals surface area (Å²) in [5.74, 6) is 0.628. The SMILES string of the molecule is NC1CCC(CNCCc2ccc(F)cc2)CC1. The van der Waals surface area contributed by atoms with E-state index in [1.807, 2.05) is 12.1 Å². The predicted molar refractivity (Wildman–Crippen MR) is 72.9 cm³/mol. The lowest BCUT2D eigenvalue weighted by Gasteiger charge is -2.26. The minimum Gasteiger partial charge on any atom is -0.328 e. The molecule has 1 fully saturated rings. The third-order valence-corrected chi connectivity index (χ3v) is 3.83. The number of rotatable bonds is 5. The maximum absolute atomic E-state index is 12.7. The zero-order valence-electron chi connectivity index (χ0n) is 10.9. The molecule has 0 amide bonds. The quantitative estimate of drug-likeness (QED) is 0.788. The van der Waals surface area contributed by atoms with Crippen LogP contribution in [-0.4, -0.2) is 19.1 Å². The van der Waals surface area contributed by atoms with Gasteiger partial charge in [0.1, 0.15) is 5.82 Å². The van der Waals surface area contributed by atoms with Gasteiger partial charge in [0, 0.05) is 6.04 Å². The van der Waals surface area contributed by atoms with Crippen LogP contribution in [0.3, 0.4) is 0 Å². The molecule has 1 aromatic rings. The Kier molecular flexibility index (Phi) is 5.14. The van der Waals surface area contributed by atoms with E-state index in [4.69, 9.17) is 5.73 Å². The Hall–Kier alpha value is -0.930. The molecule has 1 saturated carbocycles. The molecule has 0 unspecified atom stereocenters. The second kappa shape index (κ2) is 6.86. The predicted octanol–water partition coefficient (Wildman–Crippen LogP) is 2.48. The molecule has 3 N–H and O–H groups in total. The van der Waals surface area contributed by atoms with Crippen LogP contribution in [0.4, 0.5) is 4.39 Å². The van der Waals surface area contributed by atoms with Crippen molar-refractivity contribution in [1.82, 2.24) is 5.32 Å². The number of hydrogen-bond donors (Lipinski definition) is 2. The number of nitrogens with one attached hydrogen (secondary N) is 1. The highest BCUT2D eigenvalue weighted by Gasteiger charge is 2.17. The molecule has 0 aromatic heterocycles. The zero-order chi connectivity index (χ0) is 12.8. The van der Waals surface area contributed by atoms with Crippen LogP contribution in [0.2, 0.25) is 0 Å². The van der Waals surface area contributed by atoms with Crippen LogP contribution in [0, 0.1) is 11.7 Å². The van der Waals surface area contributed by atoms with Crippen molar-refractivity contribution in [1.29, 1.82) is 0 Å². The van der Waals surface area contributed by atoms with E-state index in [9.17, 15) is 4.39 Å². The fourth-order valence-electron chi connectivity index (χ4n) is 2.58. The summed E-state index contributed by atoms with van der Waals surface area (Å²) in [5, 5.41) is 3.50. The summed E-state index contributed by atoms with van der Waals surface area (Å²) in [6.07, 6.45) is 5.82. The number of nitrogens with two attached hydrogens (primary N) is 1. The summed E-state index contributed by atoms with van der Waals surface area (Å²) in [6.45, 7) is 2.06. The van der Waals surface area contributed by atoms with Crippen LogP contribution in [0.1, 0.15) is 31.2 Å². The summed E-state index contributed by atoms with van der Waals surface area (Å²) < 4.78 is 12.7. The van der Waals surface area contributed by atoms with Gasteiger partial charge < -0.3 is 11.1 Å². The van der Waals surface area contributed by atoms with Crippen molar-refractivity contribution in [3.05, 3.63) is 35.6 Å². The molecule has 0 aliphatic heterocycles. The van der Waals surface area contributed by atoms with Crippen LogP contribution >= 0.6 is 0 Å². The van der Waals surface area contributed by atoms with Crippen LogP contribution in [0.15, 0.2) is 24.3 Å². The number of halogens is 1. The van der Waals surface area contributed by atoms with Gasteiger partial charge in [0.05, 0.1) is 0 Å². The van der Waals surface area contributed by atoms with E-state index < -0.39 is 0 Å². The summed E-state index contributed by atoms with van der Waals surface area (Å²) in [4.78, 5) is 0. The molecule has 0 spiro atoms.